The third-order valence-corrected chi connectivity index (χ3v) is 6.12. The van der Waals surface area contributed by atoms with E-state index in [0.717, 1.165) is 6.07 Å². The van der Waals surface area contributed by atoms with Crippen LogP contribution in [0.3, 0.4) is 0 Å². The fourth-order valence-electron chi connectivity index (χ4n) is 3.38. The Morgan fingerprint density at radius 3 is 2.78 bits per heavy atom. The van der Waals surface area contributed by atoms with Crippen molar-refractivity contribution in [3.8, 4) is 0 Å². The summed E-state index contributed by atoms with van der Waals surface area (Å²) in [6.07, 6.45) is 0. The third kappa shape index (κ3) is 3.19. The van der Waals surface area contributed by atoms with Gasteiger partial charge in [-0.15, -0.1) is 11.8 Å². The SMILES string of the molecule is CC1(C)S[C@@H]2[C@H](NC(=O)C(N=[N+]=[N-])c3cccc(F)c3)C(=O)N2[C@H]1C(=O)O. The van der Waals surface area contributed by atoms with E-state index < -0.39 is 51.8 Å². The first kappa shape index (κ1) is 19.0. The van der Waals surface area contributed by atoms with Gasteiger partial charge in [-0.25, -0.2) is 9.18 Å². The van der Waals surface area contributed by atoms with E-state index in [4.69, 9.17) is 5.53 Å². The van der Waals surface area contributed by atoms with E-state index in [2.05, 4.69) is 15.3 Å². The van der Waals surface area contributed by atoms with Gasteiger partial charge in [-0.3, -0.25) is 9.59 Å². The summed E-state index contributed by atoms with van der Waals surface area (Å²) in [6.45, 7) is 3.44. The monoisotopic (exact) mass is 393 g/mol. The lowest BCUT2D eigenvalue weighted by atomic mass is 9.95. The Kier molecular flexibility index (Phi) is 4.75. The molecule has 2 aliphatic heterocycles. The third-order valence-electron chi connectivity index (χ3n) is 4.55. The highest BCUT2D eigenvalue weighted by Crippen LogP contribution is 2.50. The van der Waals surface area contributed by atoms with Crippen molar-refractivity contribution in [3.63, 3.8) is 0 Å². The van der Waals surface area contributed by atoms with Crippen molar-refractivity contribution >= 4 is 29.5 Å². The molecule has 0 radical (unpaired) electrons. The second-order valence-corrected chi connectivity index (χ2v) is 8.52. The van der Waals surface area contributed by atoms with Crippen LogP contribution in [0.15, 0.2) is 29.4 Å². The number of carbonyl (C=O) groups excluding carboxylic acids is 2. The van der Waals surface area contributed by atoms with Crippen molar-refractivity contribution in [3.05, 3.63) is 46.1 Å². The number of rotatable bonds is 5. The molecule has 142 valence electrons. The summed E-state index contributed by atoms with van der Waals surface area (Å²) in [4.78, 5) is 40.4. The number of azide groups is 1. The first-order valence-corrected chi connectivity index (χ1v) is 8.88. The van der Waals surface area contributed by atoms with E-state index in [1.54, 1.807) is 13.8 Å². The van der Waals surface area contributed by atoms with Gasteiger partial charge in [-0.05, 0) is 37.1 Å². The highest BCUT2D eigenvalue weighted by molar-refractivity contribution is 8.01. The van der Waals surface area contributed by atoms with E-state index in [0.29, 0.717) is 0 Å². The number of nitrogens with zero attached hydrogens (tertiary/aromatic N) is 4. The number of benzene rings is 1. The summed E-state index contributed by atoms with van der Waals surface area (Å²) in [5, 5.41) is 14.8. The molecule has 2 fully saturated rings. The predicted molar refractivity (Wildman–Crippen MR) is 93.9 cm³/mol. The topological polar surface area (TPSA) is 135 Å². The standard InChI is InChI=1S/C16H16FN5O4S/c1-16(2)11(15(25)26)22-13(24)10(14(22)27-16)19-12(23)9(20-21-18)7-4-3-5-8(17)6-7/h3-6,9-11,14H,1-2H3,(H,19,23)(H,25,26)/t9?,10-,11+,14-/m1/s1. The van der Waals surface area contributed by atoms with Gasteiger partial charge in [0.05, 0.1) is 0 Å². The maximum atomic E-state index is 13.4. The van der Waals surface area contributed by atoms with Gasteiger partial charge in [0, 0.05) is 9.66 Å². The van der Waals surface area contributed by atoms with Crippen LogP contribution in [-0.2, 0) is 14.4 Å². The van der Waals surface area contributed by atoms with Crippen molar-refractivity contribution in [2.45, 2.75) is 42.1 Å². The molecule has 0 aliphatic carbocycles. The summed E-state index contributed by atoms with van der Waals surface area (Å²) in [5.41, 5.74) is 8.88. The fraction of sp³-hybridized carbons (Fsp3) is 0.438. The van der Waals surface area contributed by atoms with Gasteiger partial charge in [0.1, 0.15) is 29.3 Å². The molecule has 2 heterocycles. The van der Waals surface area contributed by atoms with Gasteiger partial charge in [0.15, 0.2) is 0 Å². The lowest BCUT2D eigenvalue weighted by Gasteiger charge is -2.43. The largest absolute Gasteiger partial charge is 0.480 e. The lowest BCUT2D eigenvalue weighted by molar-refractivity contribution is -0.161. The average Bonchev–Trinajstić information content (AvgIpc) is 2.85. The van der Waals surface area contributed by atoms with Gasteiger partial charge >= 0.3 is 5.97 Å². The molecule has 2 amide bonds. The number of β-lactam (4-membered cyclic amide) rings is 1. The Balaban J connectivity index is 1.79. The predicted octanol–water partition coefficient (Wildman–Crippen LogP) is 1.81. The Hall–Kier alpha value is -2.78. The normalized spacial score (nSPS) is 26.4. The van der Waals surface area contributed by atoms with Crippen LogP contribution < -0.4 is 5.32 Å². The van der Waals surface area contributed by atoms with Crippen LogP contribution in [0, 0.1) is 5.82 Å². The van der Waals surface area contributed by atoms with Crippen molar-refractivity contribution in [1.82, 2.24) is 10.2 Å². The second-order valence-electron chi connectivity index (χ2n) is 6.75. The number of fused-ring (bicyclic) bond motifs is 1. The summed E-state index contributed by atoms with van der Waals surface area (Å²) < 4.78 is 12.7. The van der Waals surface area contributed by atoms with E-state index >= 15 is 0 Å². The zero-order valence-electron chi connectivity index (χ0n) is 14.4. The summed E-state index contributed by atoms with van der Waals surface area (Å²) in [6, 6.07) is 1.79. The number of aliphatic carboxylic acids is 1. The van der Waals surface area contributed by atoms with Crippen molar-refractivity contribution in [2.75, 3.05) is 0 Å². The Labute approximate surface area is 157 Å². The van der Waals surface area contributed by atoms with Gasteiger partial charge in [0.25, 0.3) is 0 Å². The molecule has 1 unspecified atom stereocenters. The smallest absolute Gasteiger partial charge is 0.327 e. The molecule has 2 N–H and O–H groups in total. The maximum Gasteiger partial charge on any atom is 0.327 e. The highest BCUT2D eigenvalue weighted by Gasteiger charge is 2.64. The molecule has 2 aliphatic rings. The van der Waals surface area contributed by atoms with Crippen LogP contribution in [-0.4, -0.2) is 50.0 Å². The van der Waals surface area contributed by atoms with E-state index in [1.165, 1.54) is 34.9 Å². The second kappa shape index (κ2) is 6.75. The minimum Gasteiger partial charge on any atom is -0.480 e. The Morgan fingerprint density at radius 1 is 1.48 bits per heavy atom. The molecule has 1 aromatic rings. The number of nitrogens with one attached hydrogen (secondary N) is 1. The minimum absolute atomic E-state index is 0.150. The molecule has 11 heteroatoms. The molecular formula is C16H16FN5O4S. The number of thioether (sulfide) groups is 1. The first-order chi connectivity index (χ1) is 12.7. The number of carboxylic acid groups (broad SMARTS) is 1. The van der Waals surface area contributed by atoms with Crippen molar-refractivity contribution in [1.29, 1.82) is 0 Å². The van der Waals surface area contributed by atoms with Crippen LogP contribution in [0.2, 0.25) is 0 Å². The van der Waals surface area contributed by atoms with Crippen LogP contribution in [0.4, 0.5) is 4.39 Å². The van der Waals surface area contributed by atoms with E-state index in [1.807, 2.05) is 0 Å². The number of halogens is 1. The van der Waals surface area contributed by atoms with Crippen LogP contribution in [0.1, 0.15) is 25.5 Å². The van der Waals surface area contributed by atoms with Crippen LogP contribution in [0.25, 0.3) is 10.4 Å². The fourth-order valence-corrected chi connectivity index (χ4v) is 5.00. The van der Waals surface area contributed by atoms with Crippen molar-refractivity contribution < 1.29 is 23.9 Å². The van der Waals surface area contributed by atoms with Gasteiger partial charge in [-0.1, -0.05) is 17.2 Å². The number of hydrogen-bond acceptors (Lipinski definition) is 5. The Bertz CT molecular complexity index is 872. The summed E-state index contributed by atoms with van der Waals surface area (Å²) >= 11 is 1.28. The molecule has 3 rings (SSSR count). The van der Waals surface area contributed by atoms with Crippen LogP contribution >= 0.6 is 11.8 Å². The lowest BCUT2D eigenvalue weighted by Crippen LogP contribution is -2.70. The van der Waals surface area contributed by atoms with Gasteiger partial charge in [0.2, 0.25) is 11.8 Å². The number of carbonyl (C=O) groups is 3. The van der Waals surface area contributed by atoms with Gasteiger partial charge < -0.3 is 15.3 Å². The molecular weight excluding hydrogens is 377 g/mol. The molecule has 0 aromatic heterocycles. The van der Waals surface area contributed by atoms with E-state index in [-0.39, 0.29) is 5.56 Å². The minimum atomic E-state index is -1.35. The van der Waals surface area contributed by atoms with Crippen molar-refractivity contribution in [2.24, 2.45) is 5.11 Å². The number of carboxylic acids is 1. The molecule has 1 aromatic carbocycles. The molecule has 0 spiro atoms. The van der Waals surface area contributed by atoms with E-state index in [9.17, 15) is 23.9 Å². The Morgan fingerprint density at radius 2 is 2.19 bits per heavy atom. The highest BCUT2D eigenvalue weighted by atomic mass is 32.2. The average molecular weight is 393 g/mol. The molecule has 2 saturated heterocycles. The quantitative estimate of drug-likeness (QED) is 0.340. The molecule has 0 saturated carbocycles. The van der Waals surface area contributed by atoms with Gasteiger partial charge in [-0.2, -0.15) is 0 Å². The molecule has 0 bridgehead atoms. The number of hydrogen-bond donors (Lipinski definition) is 2. The van der Waals surface area contributed by atoms with Crippen LogP contribution in [0.5, 0.6) is 0 Å². The summed E-state index contributed by atoms with van der Waals surface area (Å²) in [7, 11) is 0. The molecule has 9 nitrogen and oxygen atoms in total. The zero-order valence-corrected chi connectivity index (χ0v) is 15.2. The zero-order chi connectivity index (χ0) is 19.9. The maximum absolute atomic E-state index is 13.4. The number of amides is 2. The molecule has 4 atom stereocenters. The summed E-state index contributed by atoms with van der Waals surface area (Å²) in [5.74, 6) is -2.98. The molecule has 27 heavy (non-hydrogen) atoms. The first-order valence-electron chi connectivity index (χ1n) is 8.00.